The molecule has 1 heterocycles. The van der Waals surface area contributed by atoms with E-state index in [1.807, 2.05) is 25.1 Å². The first kappa shape index (κ1) is 17.0. The van der Waals surface area contributed by atoms with Gasteiger partial charge >= 0.3 is 0 Å². The number of hydrogen-bond donors (Lipinski definition) is 2. The Labute approximate surface area is 140 Å². The predicted molar refractivity (Wildman–Crippen MR) is 89.2 cm³/mol. The van der Waals surface area contributed by atoms with Crippen molar-refractivity contribution in [1.82, 2.24) is 15.6 Å². The van der Waals surface area contributed by atoms with Gasteiger partial charge in [-0.1, -0.05) is 23.7 Å². The van der Waals surface area contributed by atoms with Gasteiger partial charge in [0, 0.05) is 29.7 Å². The molecule has 0 saturated heterocycles. The van der Waals surface area contributed by atoms with Crippen molar-refractivity contribution in [1.29, 1.82) is 0 Å². The number of nitrogens with one attached hydrogen (secondary N) is 2. The van der Waals surface area contributed by atoms with Crippen LogP contribution in [0.25, 0.3) is 0 Å². The van der Waals surface area contributed by atoms with Gasteiger partial charge in [0.25, 0.3) is 5.91 Å². The summed E-state index contributed by atoms with van der Waals surface area (Å²) < 4.78 is 0. The van der Waals surface area contributed by atoms with Crippen LogP contribution in [0.15, 0.2) is 42.6 Å². The summed E-state index contributed by atoms with van der Waals surface area (Å²) in [5.41, 5.74) is 2.15. The van der Waals surface area contributed by atoms with Crippen molar-refractivity contribution in [2.45, 2.75) is 19.9 Å². The number of pyridine rings is 1. The Hall–Kier alpha value is -2.40. The SMILES string of the molecule is Cc1ccc(Cl)cc1C(=O)NCCC(=O)NCc1ccccn1. The molecular formula is C17H18ClN3O2. The molecule has 2 aromatic rings. The van der Waals surface area contributed by atoms with E-state index >= 15 is 0 Å². The Morgan fingerprint density at radius 2 is 2.00 bits per heavy atom. The normalized spacial score (nSPS) is 10.2. The standard InChI is InChI=1S/C17H18ClN3O2/c1-12-5-6-13(18)10-15(12)17(23)20-9-7-16(22)21-11-14-4-2-3-8-19-14/h2-6,8,10H,7,9,11H2,1H3,(H,20,23)(H,21,22). The number of hydrogen-bond acceptors (Lipinski definition) is 3. The summed E-state index contributed by atoms with van der Waals surface area (Å²) in [6.45, 7) is 2.48. The van der Waals surface area contributed by atoms with Gasteiger partial charge in [-0.2, -0.15) is 0 Å². The fraction of sp³-hybridized carbons (Fsp3) is 0.235. The van der Waals surface area contributed by atoms with Gasteiger partial charge in [-0.3, -0.25) is 14.6 Å². The largest absolute Gasteiger partial charge is 0.352 e. The number of carbonyl (C=O) groups is 2. The van der Waals surface area contributed by atoms with Crippen LogP contribution in [0.4, 0.5) is 0 Å². The van der Waals surface area contributed by atoms with Crippen molar-refractivity contribution in [3.05, 3.63) is 64.4 Å². The van der Waals surface area contributed by atoms with Gasteiger partial charge in [-0.15, -0.1) is 0 Å². The lowest BCUT2D eigenvalue weighted by Crippen LogP contribution is -2.31. The Kier molecular flexibility index (Phi) is 6.11. The molecule has 23 heavy (non-hydrogen) atoms. The molecule has 2 N–H and O–H groups in total. The molecule has 0 fully saturated rings. The lowest BCUT2D eigenvalue weighted by Gasteiger charge is -2.08. The summed E-state index contributed by atoms with van der Waals surface area (Å²) in [6, 6.07) is 10.7. The van der Waals surface area contributed by atoms with Crippen LogP contribution in [0.1, 0.15) is 28.0 Å². The number of carbonyl (C=O) groups excluding carboxylic acids is 2. The van der Waals surface area contributed by atoms with Crippen LogP contribution in [0, 0.1) is 6.92 Å². The van der Waals surface area contributed by atoms with Crippen LogP contribution in [-0.4, -0.2) is 23.3 Å². The maximum atomic E-state index is 12.1. The van der Waals surface area contributed by atoms with Gasteiger partial charge in [-0.25, -0.2) is 0 Å². The molecule has 0 aliphatic carbocycles. The highest BCUT2D eigenvalue weighted by molar-refractivity contribution is 6.31. The van der Waals surface area contributed by atoms with Gasteiger partial charge in [-0.05, 0) is 36.8 Å². The van der Waals surface area contributed by atoms with E-state index in [1.165, 1.54) is 0 Å². The monoisotopic (exact) mass is 331 g/mol. The first-order valence-electron chi connectivity index (χ1n) is 7.27. The molecule has 2 amide bonds. The number of aryl methyl sites for hydroxylation is 1. The molecule has 0 spiro atoms. The number of amides is 2. The Morgan fingerprint density at radius 3 is 2.74 bits per heavy atom. The van der Waals surface area contributed by atoms with E-state index < -0.39 is 0 Å². The lowest BCUT2D eigenvalue weighted by atomic mass is 10.1. The van der Waals surface area contributed by atoms with Gasteiger partial charge in [0.2, 0.25) is 5.91 Å². The van der Waals surface area contributed by atoms with Crippen molar-refractivity contribution < 1.29 is 9.59 Å². The highest BCUT2D eigenvalue weighted by Crippen LogP contribution is 2.15. The second kappa shape index (κ2) is 8.29. The molecule has 0 bridgehead atoms. The summed E-state index contributed by atoms with van der Waals surface area (Å²) in [4.78, 5) is 27.9. The smallest absolute Gasteiger partial charge is 0.251 e. The predicted octanol–water partition coefficient (Wildman–Crippen LogP) is 2.48. The summed E-state index contributed by atoms with van der Waals surface area (Å²) in [6.07, 6.45) is 1.88. The van der Waals surface area contributed by atoms with Crippen LogP contribution in [0.2, 0.25) is 5.02 Å². The quantitative estimate of drug-likeness (QED) is 0.854. The third kappa shape index (κ3) is 5.38. The second-order valence-electron chi connectivity index (χ2n) is 5.06. The maximum absolute atomic E-state index is 12.1. The highest BCUT2D eigenvalue weighted by Gasteiger charge is 2.10. The molecule has 2 rings (SSSR count). The molecule has 0 atom stereocenters. The third-order valence-corrected chi connectivity index (χ3v) is 3.51. The van der Waals surface area contributed by atoms with Crippen LogP contribution in [-0.2, 0) is 11.3 Å². The zero-order chi connectivity index (χ0) is 16.7. The lowest BCUT2D eigenvalue weighted by molar-refractivity contribution is -0.121. The maximum Gasteiger partial charge on any atom is 0.251 e. The van der Waals surface area contributed by atoms with E-state index in [-0.39, 0.29) is 24.8 Å². The molecule has 120 valence electrons. The number of halogens is 1. The first-order valence-corrected chi connectivity index (χ1v) is 7.65. The van der Waals surface area contributed by atoms with Crippen molar-refractivity contribution >= 4 is 23.4 Å². The highest BCUT2D eigenvalue weighted by atomic mass is 35.5. The molecule has 1 aromatic carbocycles. The van der Waals surface area contributed by atoms with Crippen LogP contribution >= 0.6 is 11.6 Å². The van der Waals surface area contributed by atoms with Gasteiger partial charge in [0.15, 0.2) is 0 Å². The first-order chi connectivity index (χ1) is 11.1. The van der Waals surface area contributed by atoms with E-state index in [0.29, 0.717) is 17.1 Å². The minimum absolute atomic E-state index is 0.140. The van der Waals surface area contributed by atoms with E-state index in [2.05, 4.69) is 15.6 Å². The molecule has 0 aliphatic rings. The molecule has 5 nitrogen and oxygen atoms in total. The number of nitrogens with zero attached hydrogens (tertiary/aromatic N) is 1. The van der Waals surface area contributed by atoms with E-state index in [4.69, 9.17) is 11.6 Å². The summed E-state index contributed by atoms with van der Waals surface area (Å²) in [5, 5.41) is 5.99. The Morgan fingerprint density at radius 1 is 1.17 bits per heavy atom. The Bertz CT molecular complexity index is 689. The van der Waals surface area contributed by atoms with Gasteiger partial charge < -0.3 is 10.6 Å². The fourth-order valence-corrected chi connectivity index (χ4v) is 2.18. The van der Waals surface area contributed by atoms with E-state index in [9.17, 15) is 9.59 Å². The molecule has 0 unspecified atom stereocenters. The van der Waals surface area contributed by atoms with Crippen molar-refractivity contribution in [3.8, 4) is 0 Å². The third-order valence-electron chi connectivity index (χ3n) is 3.27. The Balaban J connectivity index is 1.75. The van der Waals surface area contributed by atoms with E-state index in [0.717, 1.165) is 11.3 Å². The summed E-state index contributed by atoms with van der Waals surface area (Å²) in [7, 11) is 0. The second-order valence-corrected chi connectivity index (χ2v) is 5.50. The number of aromatic nitrogens is 1. The molecule has 0 saturated carbocycles. The van der Waals surface area contributed by atoms with Crippen LogP contribution in [0.3, 0.4) is 0 Å². The fourth-order valence-electron chi connectivity index (χ4n) is 2.00. The summed E-state index contributed by atoms with van der Waals surface area (Å²) >= 11 is 5.89. The summed E-state index contributed by atoms with van der Waals surface area (Å²) in [5.74, 6) is -0.374. The van der Waals surface area contributed by atoms with Crippen LogP contribution in [0.5, 0.6) is 0 Å². The van der Waals surface area contributed by atoms with Gasteiger partial charge in [0.1, 0.15) is 0 Å². The molecule has 0 aliphatic heterocycles. The number of benzene rings is 1. The average Bonchev–Trinajstić information content (AvgIpc) is 2.56. The molecule has 0 radical (unpaired) electrons. The van der Waals surface area contributed by atoms with Crippen molar-refractivity contribution in [3.63, 3.8) is 0 Å². The molecule has 1 aromatic heterocycles. The minimum Gasteiger partial charge on any atom is -0.352 e. The minimum atomic E-state index is -0.234. The zero-order valence-electron chi connectivity index (χ0n) is 12.8. The topological polar surface area (TPSA) is 71.1 Å². The van der Waals surface area contributed by atoms with Crippen LogP contribution < -0.4 is 10.6 Å². The van der Waals surface area contributed by atoms with Gasteiger partial charge in [0.05, 0.1) is 12.2 Å². The number of rotatable bonds is 6. The van der Waals surface area contributed by atoms with Crippen molar-refractivity contribution in [2.75, 3.05) is 6.54 Å². The van der Waals surface area contributed by atoms with Crippen molar-refractivity contribution in [2.24, 2.45) is 0 Å². The molecule has 6 heteroatoms. The molecular weight excluding hydrogens is 314 g/mol. The van der Waals surface area contributed by atoms with E-state index in [1.54, 1.807) is 24.4 Å². The average molecular weight is 332 g/mol. The zero-order valence-corrected chi connectivity index (χ0v) is 13.6.